The lowest BCUT2D eigenvalue weighted by Gasteiger charge is -2.19. The number of esters is 1. The predicted octanol–water partition coefficient (Wildman–Crippen LogP) is 0.0714. The van der Waals surface area contributed by atoms with Crippen LogP contribution in [0, 0.1) is 0 Å². The fourth-order valence-corrected chi connectivity index (χ4v) is 0.795. The van der Waals surface area contributed by atoms with Crippen LogP contribution in [0.25, 0.3) is 0 Å². The number of aliphatic hydroxyl groups is 2. The van der Waals surface area contributed by atoms with Crippen LogP contribution in [0.15, 0.2) is 0 Å². The average Bonchev–Trinajstić information content (AvgIpc) is 1.84. The number of hydrogen-bond donors (Lipinski definition) is 2. The van der Waals surface area contributed by atoms with E-state index in [9.17, 15) is 9.90 Å². The van der Waals surface area contributed by atoms with Gasteiger partial charge in [-0.3, -0.25) is 0 Å². The highest BCUT2D eigenvalue weighted by molar-refractivity contribution is 5.74. The molecule has 0 saturated carbocycles. The van der Waals surface area contributed by atoms with Crippen molar-refractivity contribution < 1.29 is 19.7 Å². The number of hydrogen-bond acceptors (Lipinski definition) is 4. The van der Waals surface area contributed by atoms with Crippen molar-refractivity contribution in [1.82, 2.24) is 0 Å². The van der Waals surface area contributed by atoms with Gasteiger partial charge in [-0.05, 0) is 20.8 Å². The largest absolute Gasteiger partial charge is 0.464 e. The van der Waals surface area contributed by atoms with Gasteiger partial charge in [0, 0.05) is 6.42 Å². The second kappa shape index (κ2) is 4.42. The van der Waals surface area contributed by atoms with Crippen LogP contribution in [0.5, 0.6) is 0 Å². The molecule has 4 heteroatoms. The fraction of sp³-hybridized carbons (Fsp3) is 0.875. The van der Waals surface area contributed by atoms with Gasteiger partial charge in [-0.25, -0.2) is 4.79 Å². The Balaban J connectivity index is 3.87. The quantitative estimate of drug-likeness (QED) is 0.595. The van der Waals surface area contributed by atoms with Crippen LogP contribution in [0.4, 0.5) is 0 Å². The van der Waals surface area contributed by atoms with Gasteiger partial charge in [0.1, 0.15) is 0 Å². The zero-order chi connectivity index (χ0) is 9.78. The molecular formula is C8H16O4. The lowest BCUT2D eigenvalue weighted by molar-refractivity contribution is -0.156. The van der Waals surface area contributed by atoms with Gasteiger partial charge in [0.2, 0.25) is 0 Å². The predicted molar refractivity (Wildman–Crippen MR) is 43.6 cm³/mol. The van der Waals surface area contributed by atoms with Crippen molar-refractivity contribution in [3.63, 3.8) is 0 Å². The van der Waals surface area contributed by atoms with Gasteiger partial charge in [0.25, 0.3) is 0 Å². The van der Waals surface area contributed by atoms with Crippen molar-refractivity contribution in [3.05, 3.63) is 0 Å². The summed E-state index contributed by atoms with van der Waals surface area (Å²) in [6.07, 6.45) is -1.24. The first-order valence-electron chi connectivity index (χ1n) is 3.94. The maximum atomic E-state index is 10.8. The molecule has 4 nitrogen and oxygen atoms in total. The van der Waals surface area contributed by atoms with Gasteiger partial charge in [-0.15, -0.1) is 0 Å². The van der Waals surface area contributed by atoms with E-state index in [0.717, 1.165) is 0 Å². The molecule has 0 aliphatic heterocycles. The summed E-state index contributed by atoms with van der Waals surface area (Å²) in [5.41, 5.74) is -1.05. The monoisotopic (exact) mass is 176 g/mol. The molecule has 0 aromatic carbocycles. The van der Waals surface area contributed by atoms with E-state index in [1.54, 1.807) is 6.92 Å². The van der Waals surface area contributed by atoms with Crippen molar-refractivity contribution in [1.29, 1.82) is 0 Å². The Morgan fingerprint density at radius 3 is 2.42 bits per heavy atom. The van der Waals surface area contributed by atoms with Gasteiger partial charge >= 0.3 is 5.97 Å². The molecular weight excluding hydrogens is 160 g/mol. The number of rotatable bonds is 4. The molecule has 0 bridgehead atoms. The molecule has 0 rings (SSSR count). The van der Waals surface area contributed by atoms with E-state index in [2.05, 4.69) is 4.74 Å². The highest BCUT2D eigenvalue weighted by Crippen LogP contribution is 2.11. The van der Waals surface area contributed by atoms with Gasteiger partial charge in [-0.1, -0.05) is 0 Å². The molecule has 0 spiro atoms. The summed E-state index contributed by atoms with van der Waals surface area (Å²) in [7, 11) is 0. The zero-order valence-electron chi connectivity index (χ0n) is 7.70. The van der Waals surface area contributed by atoms with Crippen molar-refractivity contribution >= 4 is 5.97 Å². The Labute approximate surface area is 72.2 Å². The Morgan fingerprint density at radius 1 is 1.58 bits per heavy atom. The second-order valence-corrected chi connectivity index (χ2v) is 3.28. The molecule has 0 aromatic rings. The van der Waals surface area contributed by atoms with Crippen LogP contribution >= 0.6 is 0 Å². The molecule has 0 aromatic heterocycles. The Hall–Kier alpha value is -0.610. The first-order chi connectivity index (χ1) is 5.37. The van der Waals surface area contributed by atoms with E-state index >= 15 is 0 Å². The van der Waals surface area contributed by atoms with Crippen LogP contribution in [0.3, 0.4) is 0 Å². The number of aliphatic hydroxyl groups excluding tert-OH is 1. The first-order valence-corrected chi connectivity index (χ1v) is 3.94. The third-order valence-electron chi connectivity index (χ3n) is 1.25. The van der Waals surface area contributed by atoms with Crippen molar-refractivity contribution in [3.8, 4) is 0 Å². The maximum Gasteiger partial charge on any atom is 0.335 e. The third kappa shape index (κ3) is 5.09. The molecule has 0 aliphatic rings. The van der Waals surface area contributed by atoms with Gasteiger partial charge < -0.3 is 14.9 Å². The van der Waals surface area contributed by atoms with E-state index in [1.807, 2.05) is 0 Å². The number of carbonyl (C=O) groups excluding carboxylic acids is 1. The molecule has 72 valence electrons. The van der Waals surface area contributed by atoms with Crippen LogP contribution in [-0.2, 0) is 9.53 Å². The van der Waals surface area contributed by atoms with Crippen LogP contribution in [0.2, 0.25) is 0 Å². The van der Waals surface area contributed by atoms with Crippen LogP contribution in [0.1, 0.15) is 27.2 Å². The lowest BCUT2D eigenvalue weighted by atomic mass is 10.0. The summed E-state index contributed by atoms with van der Waals surface area (Å²) in [5.74, 6) is -0.681. The first kappa shape index (κ1) is 11.4. The molecule has 12 heavy (non-hydrogen) atoms. The van der Waals surface area contributed by atoms with Crippen molar-refractivity contribution in [2.75, 3.05) is 6.61 Å². The van der Waals surface area contributed by atoms with Crippen LogP contribution in [-0.4, -0.2) is 34.5 Å². The summed E-state index contributed by atoms with van der Waals surface area (Å²) < 4.78 is 4.55. The highest BCUT2D eigenvalue weighted by atomic mass is 16.5. The molecule has 0 radical (unpaired) electrons. The van der Waals surface area contributed by atoms with Crippen LogP contribution < -0.4 is 0 Å². The minimum atomic E-state index is -1.23. The normalized spacial score (nSPS) is 14.1. The molecule has 0 fully saturated rings. The maximum absolute atomic E-state index is 10.8. The van der Waals surface area contributed by atoms with Gasteiger partial charge in [0.05, 0.1) is 12.2 Å². The minimum absolute atomic E-state index is 0.00810. The van der Waals surface area contributed by atoms with Crippen molar-refractivity contribution in [2.45, 2.75) is 38.9 Å². The molecule has 1 atom stereocenters. The molecule has 0 heterocycles. The summed E-state index contributed by atoms with van der Waals surface area (Å²) in [6.45, 7) is 4.95. The summed E-state index contributed by atoms with van der Waals surface area (Å²) in [4.78, 5) is 10.8. The number of carbonyl (C=O) groups is 1. The molecule has 0 saturated heterocycles. The smallest absolute Gasteiger partial charge is 0.335 e. The van der Waals surface area contributed by atoms with E-state index in [4.69, 9.17) is 5.11 Å². The molecule has 2 N–H and O–H groups in total. The Bertz CT molecular complexity index is 148. The summed E-state index contributed by atoms with van der Waals surface area (Å²) in [5, 5.41) is 18.4. The molecule has 1 unspecified atom stereocenters. The highest BCUT2D eigenvalue weighted by Gasteiger charge is 2.24. The topological polar surface area (TPSA) is 66.8 Å². The van der Waals surface area contributed by atoms with E-state index in [0.29, 0.717) is 0 Å². The minimum Gasteiger partial charge on any atom is -0.464 e. The lowest BCUT2D eigenvalue weighted by Crippen LogP contribution is -2.32. The van der Waals surface area contributed by atoms with E-state index in [-0.39, 0.29) is 13.0 Å². The van der Waals surface area contributed by atoms with Gasteiger partial charge in [-0.2, -0.15) is 0 Å². The molecule has 0 amide bonds. The third-order valence-corrected chi connectivity index (χ3v) is 1.25. The van der Waals surface area contributed by atoms with E-state index in [1.165, 1.54) is 13.8 Å². The zero-order valence-corrected chi connectivity index (χ0v) is 7.70. The Morgan fingerprint density at radius 2 is 2.08 bits per heavy atom. The number of ether oxygens (including phenoxy) is 1. The van der Waals surface area contributed by atoms with Crippen molar-refractivity contribution in [2.24, 2.45) is 0 Å². The second-order valence-electron chi connectivity index (χ2n) is 3.28. The Kier molecular flexibility index (Phi) is 4.20. The standard InChI is InChI=1S/C8H16O4/c1-4-12-7(10)6(9)5-8(2,3)11/h6,9,11H,4-5H2,1-3H3. The average molecular weight is 176 g/mol. The fourth-order valence-electron chi connectivity index (χ4n) is 0.795. The van der Waals surface area contributed by atoms with Gasteiger partial charge in [0.15, 0.2) is 6.10 Å². The summed E-state index contributed by atoms with van der Waals surface area (Å²) >= 11 is 0. The SMILES string of the molecule is CCOC(=O)C(O)CC(C)(C)O. The molecule has 0 aliphatic carbocycles. The summed E-state index contributed by atoms with van der Waals surface area (Å²) in [6, 6.07) is 0. The van der Waals surface area contributed by atoms with E-state index < -0.39 is 17.7 Å².